The first kappa shape index (κ1) is 47.2. The topological polar surface area (TPSA) is 231 Å². The highest BCUT2D eigenvalue weighted by atomic mass is 16.6. The quantitative estimate of drug-likeness (QED) is 0.113. The minimum absolute atomic E-state index is 0.0229. The van der Waals surface area contributed by atoms with Gasteiger partial charge >= 0.3 is 30.0 Å². The minimum atomic E-state index is -2.40. The number of aliphatic hydroxyl groups excluding tert-OH is 2. The molecule has 2 saturated carbocycles. The first-order valence-electron chi connectivity index (χ1n) is 20.3. The number of aliphatic hydroxyl groups is 3. The molecule has 61 heavy (non-hydrogen) atoms. The number of rotatable bonds is 10. The molecule has 0 unspecified atom stereocenters. The van der Waals surface area contributed by atoms with E-state index >= 15 is 4.79 Å². The van der Waals surface area contributed by atoms with Crippen LogP contribution in [0, 0.1) is 16.7 Å². The number of allylic oxidation sites excluding steroid dienone is 2. The second-order valence-corrected chi connectivity index (χ2v) is 18.4. The Labute approximate surface area is 355 Å². The number of amides is 1. The predicted octanol–water partition coefficient (Wildman–Crippen LogP) is 3.98. The summed E-state index contributed by atoms with van der Waals surface area (Å²) in [7, 11) is 0. The molecular formula is C45H59NO15. The van der Waals surface area contributed by atoms with Gasteiger partial charge in [0.1, 0.15) is 29.5 Å². The van der Waals surface area contributed by atoms with Crippen LogP contribution in [0.3, 0.4) is 0 Å². The first-order chi connectivity index (χ1) is 28.2. The van der Waals surface area contributed by atoms with Crippen LogP contribution in [-0.4, -0.2) is 117 Å². The van der Waals surface area contributed by atoms with Crippen LogP contribution < -0.4 is 5.32 Å². The van der Waals surface area contributed by atoms with Crippen LogP contribution in [0.4, 0.5) is 4.79 Å². The van der Waals surface area contributed by atoms with E-state index < -0.39 is 118 Å². The monoisotopic (exact) mass is 853 g/mol. The van der Waals surface area contributed by atoms with E-state index in [4.69, 9.17) is 28.4 Å². The van der Waals surface area contributed by atoms with Gasteiger partial charge in [-0.3, -0.25) is 9.59 Å². The van der Waals surface area contributed by atoms with Crippen molar-refractivity contribution in [1.82, 2.24) is 5.32 Å². The highest BCUT2D eigenvalue weighted by Gasteiger charge is 2.78. The van der Waals surface area contributed by atoms with Gasteiger partial charge in [0, 0.05) is 31.3 Å². The lowest BCUT2D eigenvalue weighted by Gasteiger charge is -2.67. The molecule has 1 aromatic rings. The Kier molecular flexibility index (Phi) is 13.2. The van der Waals surface area contributed by atoms with Crippen LogP contribution in [0.2, 0.25) is 0 Å². The van der Waals surface area contributed by atoms with E-state index in [0.29, 0.717) is 5.57 Å². The van der Waals surface area contributed by atoms with Crippen molar-refractivity contribution in [1.29, 1.82) is 0 Å². The van der Waals surface area contributed by atoms with Gasteiger partial charge in [-0.05, 0) is 78.7 Å². The summed E-state index contributed by atoms with van der Waals surface area (Å²) in [6.45, 7) is 16.7. The van der Waals surface area contributed by atoms with E-state index in [9.17, 15) is 39.3 Å². The fraction of sp³-hybridized carbons (Fsp3) is 0.600. The second kappa shape index (κ2) is 17.1. The fourth-order valence-corrected chi connectivity index (χ4v) is 9.51. The molecule has 3 fully saturated rings. The van der Waals surface area contributed by atoms with E-state index in [-0.39, 0.29) is 29.7 Å². The van der Waals surface area contributed by atoms with E-state index in [1.54, 1.807) is 73.6 Å². The van der Waals surface area contributed by atoms with Crippen LogP contribution in [0.25, 0.3) is 0 Å². The number of carbonyl (C=O) groups excluding carboxylic acids is 6. The van der Waals surface area contributed by atoms with Gasteiger partial charge in [-0.25, -0.2) is 19.2 Å². The average Bonchev–Trinajstić information content (AvgIpc) is 3.14. The van der Waals surface area contributed by atoms with Crippen LogP contribution in [0.1, 0.15) is 99.4 Å². The molecule has 0 radical (unpaired) electrons. The molecule has 1 aliphatic heterocycles. The van der Waals surface area contributed by atoms with Gasteiger partial charge in [-0.2, -0.15) is 0 Å². The van der Waals surface area contributed by atoms with Gasteiger partial charge in [-0.1, -0.05) is 49.8 Å². The summed E-state index contributed by atoms with van der Waals surface area (Å²) < 4.78 is 35.7. The largest absolute Gasteiger partial charge is 0.456 e. The Morgan fingerprint density at radius 3 is 2.18 bits per heavy atom. The van der Waals surface area contributed by atoms with Gasteiger partial charge in [-0.15, -0.1) is 0 Å². The molecule has 1 saturated heterocycles. The number of alkyl carbamates (subject to hydrolysis) is 1. The molecule has 2 bridgehead atoms. The third kappa shape index (κ3) is 8.64. The zero-order chi connectivity index (χ0) is 45.6. The van der Waals surface area contributed by atoms with Crippen molar-refractivity contribution in [2.45, 2.75) is 148 Å². The van der Waals surface area contributed by atoms with Crippen molar-refractivity contribution < 1.29 is 72.5 Å². The van der Waals surface area contributed by atoms with E-state index in [0.717, 1.165) is 13.0 Å². The maximum absolute atomic E-state index is 15.6. The molecule has 16 heteroatoms. The number of fused-ring (bicyclic) bond motifs is 5. The smallest absolute Gasteiger partial charge is 0.408 e. The number of benzene rings is 1. The van der Waals surface area contributed by atoms with Crippen LogP contribution in [0.5, 0.6) is 0 Å². The second-order valence-electron chi connectivity index (χ2n) is 18.4. The molecule has 3 aliphatic carbocycles. The Bertz CT molecular complexity index is 2010. The molecule has 1 amide bonds. The lowest BCUT2D eigenvalue weighted by molar-refractivity contribution is -0.346. The standard InChI is InChI=1S/C45H59NO15/c1-12-16-31(49)58-34-32-24(4)28(57-39(53)33(50)27(19-23(2)3)46-40(54)61-41(6,7)8)21-45(55,42(32,9)10)37(59-38(52)26-17-14-13-15-18-26)35-43(11,36(34)51)29(48)20-30-44(35,22-56-30)60-25(5)47/h12-19,27-30,33-35,37,48,50,55H,20-22H2,1-11H3,(H,46,54)/b16-12+/t27-,28-,29-,30+,33+,34+,35-,37-,43+,44-,45+/m0/s1. The lowest BCUT2D eigenvalue weighted by atomic mass is 9.44. The molecule has 0 aromatic heterocycles. The van der Waals surface area contributed by atoms with Crippen molar-refractivity contribution >= 4 is 35.8 Å². The summed E-state index contributed by atoms with van der Waals surface area (Å²) in [5.41, 5.74) is -8.05. The molecule has 11 atom stereocenters. The number of esters is 4. The van der Waals surface area contributed by atoms with Crippen molar-refractivity contribution in [2.75, 3.05) is 6.61 Å². The highest BCUT2D eigenvalue weighted by Crippen LogP contribution is 2.64. The molecule has 1 aromatic carbocycles. The summed E-state index contributed by atoms with van der Waals surface area (Å²) in [5, 5.41) is 39.7. The SMILES string of the molecule is C/C=C/C(=O)O[C@H]1C(=O)[C@@]2(C)[C@H]([C@H](OC(=O)c3ccccc3)[C@]3(O)C[C@H](OC(=O)[C@H](O)[C@H](C=C(C)C)NC(=O)OC(C)(C)C)C(C)=C1C3(C)C)[C@]1(OC(C)=O)CO[C@@H]1C[C@@H]2O. The van der Waals surface area contributed by atoms with Crippen molar-refractivity contribution in [3.8, 4) is 0 Å². The van der Waals surface area contributed by atoms with Crippen molar-refractivity contribution in [3.63, 3.8) is 0 Å². The molecule has 334 valence electrons. The zero-order valence-corrected chi connectivity index (χ0v) is 36.6. The Balaban J connectivity index is 1.75. The normalized spacial score (nSPS) is 32.6. The van der Waals surface area contributed by atoms with Gasteiger partial charge in [0.15, 0.2) is 23.6 Å². The molecule has 4 N–H and O–H groups in total. The maximum atomic E-state index is 15.6. The Morgan fingerprint density at radius 2 is 1.64 bits per heavy atom. The third-order valence-corrected chi connectivity index (χ3v) is 12.5. The van der Waals surface area contributed by atoms with Crippen LogP contribution >= 0.6 is 0 Å². The number of Topliss-reactive ketones (excluding diaryl/α,β-unsaturated/α-hetero) is 1. The average molecular weight is 854 g/mol. The molecule has 0 spiro atoms. The molecular weight excluding hydrogens is 794 g/mol. The fourth-order valence-electron chi connectivity index (χ4n) is 9.51. The van der Waals surface area contributed by atoms with Gasteiger partial charge in [0.2, 0.25) is 0 Å². The van der Waals surface area contributed by atoms with Crippen LogP contribution in [0.15, 0.2) is 65.3 Å². The van der Waals surface area contributed by atoms with E-state index in [2.05, 4.69) is 5.32 Å². The van der Waals surface area contributed by atoms with Gasteiger partial charge < -0.3 is 49.1 Å². The summed E-state index contributed by atoms with van der Waals surface area (Å²) in [6, 6.07) is 6.47. The predicted molar refractivity (Wildman–Crippen MR) is 216 cm³/mol. The van der Waals surface area contributed by atoms with Crippen molar-refractivity contribution in [3.05, 3.63) is 70.8 Å². The number of ketones is 1. The summed E-state index contributed by atoms with van der Waals surface area (Å²) in [5.74, 6) is -6.38. The third-order valence-electron chi connectivity index (χ3n) is 12.5. The molecule has 5 rings (SSSR count). The molecule has 4 aliphatic rings. The number of nitrogens with one attached hydrogen (secondary N) is 1. The Morgan fingerprint density at radius 1 is 1.00 bits per heavy atom. The van der Waals surface area contributed by atoms with Crippen molar-refractivity contribution in [2.24, 2.45) is 16.7 Å². The summed E-state index contributed by atoms with van der Waals surface area (Å²) in [4.78, 5) is 83.1. The summed E-state index contributed by atoms with van der Waals surface area (Å²) >= 11 is 0. The molecule has 16 nitrogen and oxygen atoms in total. The maximum Gasteiger partial charge on any atom is 0.408 e. The Hall–Kier alpha value is -4.90. The van der Waals surface area contributed by atoms with Gasteiger partial charge in [0.25, 0.3) is 0 Å². The van der Waals surface area contributed by atoms with E-state index in [1.807, 2.05) is 0 Å². The number of carbonyl (C=O) groups is 6. The molecule has 1 heterocycles. The van der Waals surface area contributed by atoms with Crippen LogP contribution in [-0.2, 0) is 47.6 Å². The zero-order valence-electron chi connectivity index (χ0n) is 36.6. The number of hydrogen-bond donors (Lipinski definition) is 4. The van der Waals surface area contributed by atoms with Gasteiger partial charge in [0.05, 0.1) is 35.6 Å². The minimum Gasteiger partial charge on any atom is -0.456 e. The number of ether oxygens (including phenoxy) is 6. The first-order valence-corrected chi connectivity index (χ1v) is 20.3. The number of hydrogen-bond acceptors (Lipinski definition) is 15. The highest BCUT2D eigenvalue weighted by molar-refractivity contribution is 5.96. The lowest BCUT2D eigenvalue weighted by Crippen LogP contribution is -2.82. The van der Waals surface area contributed by atoms with E-state index in [1.165, 1.54) is 38.1 Å². The summed E-state index contributed by atoms with van der Waals surface area (Å²) in [6.07, 6.45) is -7.65.